The Morgan fingerprint density at radius 1 is 1.21 bits per heavy atom. The number of piperidine rings is 1. The minimum Gasteiger partial charge on any atom is -0.441 e. The van der Waals surface area contributed by atoms with Crippen LogP contribution in [0, 0.1) is 0 Å². The number of hydrogen-bond acceptors (Lipinski definition) is 5. The molecule has 0 radical (unpaired) electrons. The highest BCUT2D eigenvalue weighted by Gasteiger charge is 2.48. The molecule has 0 bridgehead atoms. The van der Waals surface area contributed by atoms with Gasteiger partial charge in [0, 0.05) is 43.6 Å². The molecule has 4 rings (SSSR count). The summed E-state index contributed by atoms with van der Waals surface area (Å²) in [5.74, 6) is 0.872. The molecule has 1 aromatic carbocycles. The van der Waals surface area contributed by atoms with Crippen molar-refractivity contribution in [2.24, 2.45) is 0 Å². The van der Waals surface area contributed by atoms with Crippen LogP contribution in [0.3, 0.4) is 0 Å². The van der Waals surface area contributed by atoms with E-state index < -0.39 is 0 Å². The van der Waals surface area contributed by atoms with E-state index in [1.54, 1.807) is 0 Å². The largest absolute Gasteiger partial charge is 0.441 e. The number of rotatable bonds is 6. The average Bonchev–Trinajstić information content (AvgIpc) is 3.29. The van der Waals surface area contributed by atoms with E-state index in [1.807, 2.05) is 41.3 Å². The van der Waals surface area contributed by atoms with E-state index in [9.17, 15) is 4.79 Å². The third kappa shape index (κ3) is 3.92. The van der Waals surface area contributed by atoms with Crippen molar-refractivity contribution in [3.63, 3.8) is 0 Å². The summed E-state index contributed by atoms with van der Waals surface area (Å²) < 4.78 is 11.4. The Balaban J connectivity index is 1.33. The van der Waals surface area contributed by atoms with Crippen molar-refractivity contribution in [2.45, 2.75) is 57.7 Å². The number of likely N-dealkylation sites (tertiary alicyclic amines) is 1. The third-order valence-electron chi connectivity index (χ3n) is 6.01. The van der Waals surface area contributed by atoms with Crippen LogP contribution in [0.2, 0.25) is 0 Å². The van der Waals surface area contributed by atoms with Crippen molar-refractivity contribution in [2.75, 3.05) is 19.6 Å². The van der Waals surface area contributed by atoms with Crippen LogP contribution in [-0.2, 0) is 11.3 Å². The lowest BCUT2D eigenvalue weighted by Crippen LogP contribution is -2.47. The Bertz CT molecular complexity index is 796. The number of ether oxygens (including phenoxy) is 1. The Kier molecular flexibility index (Phi) is 5.40. The summed E-state index contributed by atoms with van der Waals surface area (Å²) in [5, 5.41) is 4.20. The van der Waals surface area contributed by atoms with Crippen LogP contribution in [0.5, 0.6) is 0 Å². The summed E-state index contributed by atoms with van der Waals surface area (Å²) >= 11 is 0. The fourth-order valence-electron chi connectivity index (χ4n) is 4.29. The minimum atomic E-state index is -0.313. The summed E-state index contributed by atoms with van der Waals surface area (Å²) in [6, 6.07) is 12.3. The van der Waals surface area contributed by atoms with E-state index >= 15 is 0 Å². The van der Waals surface area contributed by atoms with Crippen molar-refractivity contribution in [1.82, 2.24) is 15.0 Å². The van der Waals surface area contributed by atoms with Crippen molar-refractivity contribution in [1.29, 1.82) is 0 Å². The van der Waals surface area contributed by atoms with Crippen LogP contribution < -0.4 is 0 Å². The SMILES string of the molecule is CCC[C@H](C)N1CC2(CCN(Cc3cc(-c4ccccc4)no3)CC2)OC1=O. The summed E-state index contributed by atoms with van der Waals surface area (Å²) in [7, 11) is 0. The molecule has 3 heterocycles. The Morgan fingerprint density at radius 2 is 1.96 bits per heavy atom. The first-order valence-corrected chi connectivity index (χ1v) is 10.3. The van der Waals surface area contributed by atoms with Crippen LogP contribution in [0.1, 0.15) is 45.3 Å². The molecule has 0 unspecified atom stereocenters. The molecule has 150 valence electrons. The van der Waals surface area contributed by atoms with Gasteiger partial charge in [-0.1, -0.05) is 48.8 Å². The molecule has 28 heavy (non-hydrogen) atoms. The zero-order valence-electron chi connectivity index (χ0n) is 16.8. The molecule has 1 aromatic heterocycles. The number of carbonyl (C=O) groups excluding carboxylic acids is 1. The maximum atomic E-state index is 12.3. The van der Waals surface area contributed by atoms with Crippen molar-refractivity contribution < 1.29 is 14.1 Å². The molecule has 0 saturated carbocycles. The molecule has 2 aromatic rings. The van der Waals surface area contributed by atoms with Gasteiger partial charge in [-0.25, -0.2) is 4.79 Å². The Hall–Kier alpha value is -2.34. The molecule has 1 spiro atoms. The van der Waals surface area contributed by atoms with Crippen LogP contribution in [0.25, 0.3) is 11.3 Å². The van der Waals surface area contributed by atoms with E-state index in [4.69, 9.17) is 9.26 Å². The van der Waals surface area contributed by atoms with Gasteiger partial charge in [-0.15, -0.1) is 0 Å². The fourth-order valence-corrected chi connectivity index (χ4v) is 4.29. The van der Waals surface area contributed by atoms with E-state index in [1.165, 1.54) is 0 Å². The molecule has 2 aliphatic rings. The van der Waals surface area contributed by atoms with Gasteiger partial charge < -0.3 is 14.2 Å². The molecule has 0 N–H and O–H groups in total. The predicted octanol–water partition coefficient (Wildman–Crippen LogP) is 4.32. The predicted molar refractivity (Wildman–Crippen MR) is 107 cm³/mol. The highest BCUT2D eigenvalue weighted by Crippen LogP contribution is 2.35. The van der Waals surface area contributed by atoms with Crippen molar-refractivity contribution in [3.05, 3.63) is 42.2 Å². The molecule has 6 nitrogen and oxygen atoms in total. The first-order chi connectivity index (χ1) is 13.6. The van der Waals surface area contributed by atoms with Gasteiger partial charge in [0.15, 0.2) is 5.76 Å². The minimum absolute atomic E-state index is 0.142. The highest BCUT2D eigenvalue weighted by molar-refractivity contribution is 5.71. The second-order valence-corrected chi connectivity index (χ2v) is 8.14. The van der Waals surface area contributed by atoms with Gasteiger partial charge in [0.05, 0.1) is 13.1 Å². The number of hydrogen-bond donors (Lipinski definition) is 0. The third-order valence-corrected chi connectivity index (χ3v) is 6.01. The maximum Gasteiger partial charge on any atom is 0.410 e. The van der Waals surface area contributed by atoms with E-state index in [-0.39, 0.29) is 17.7 Å². The lowest BCUT2D eigenvalue weighted by molar-refractivity contribution is -0.00304. The zero-order valence-corrected chi connectivity index (χ0v) is 16.8. The lowest BCUT2D eigenvalue weighted by atomic mass is 9.91. The summed E-state index contributed by atoms with van der Waals surface area (Å²) in [5.41, 5.74) is 1.62. The van der Waals surface area contributed by atoms with E-state index in [2.05, 4.69) is 23.9 Å². The second-order valence-electron chi connectivity index (χ2n) is 8.14. The topological polar surface area (TPSA) is 58.8 Å². The molecule has 2 aliphatic heterocycles. The normalized spacial score (nSPS) is 20.5. The lowest BCUT2D eigenvalue weighted by Gasteiger charge is -2.37. The maximum absolute atomic E-state index is 12.3. The highest BCUT2D eigenvalue weighted by atomic mass is 16.6. The first-order valence-electron chi connectivity index (χ1n) is 10.3. The number of carbonyl (C=O) groups is 1. The molecule has 0 aliphatic carbocycles. The quantitative estimate of drug-likeness (QED) is 0.744. The van der Waals surface area contributed by atoms with Crippen molar-refractivity contribution >= 4 is 6.09 Å². The summed E-state index contributed by atoms with van der Waals surface area (Å²) in [4.78, 5) is 16.6. The molecule has 6 heteroatoms. The molecular formula is C22H29N3O3. The van der Waals surface area contributed by atoms with Crippen LogP contribution in [-0.4, -0.2) is 52.3 Å². The van der Waals surface area contributed by atoms with Gasteiger partial charge in [0.25, 0.3) is 0 Å². The van der Waals surface area contributed by atoms with E-state index in [0.717, 1.165) is 68.9 Å². The fraction of sp³-hybridized carbons (Fsp3) is 0.545. The van der Waals surface area contributed by atoms with Gasteiger partial charge in [0.1, 0.15) is 11.3 Å². The van der Waals surface area contributed by atoms with E-state index in [0.29, 0.717) is 0 Å². The van der Waals surface area contributed by atoms with Crippen LogP contribution >= 0.6 is 0 Å². The monoisotopic (exact) mass is 383 g/mol. The van der Waals surface area contributed by atoms with Gasteiger partial charge >= 0.3 is 6.09 Å². The first kappa shape index (κ1) is 19.0. The molecule has 1 amide bonds. The van der Waals surface area contributed by atoms with Crippen LogP contribution in [0.15, 0.2) is 40.9 Å². The number of amides is 1. The molecule has 2 fully saturated rings. The summed E-state index contributed by atoms with van der Waals surface area (Å²) in [6.45, 7) is 7.52. The number of aromatic nitrogens is 1. The molecule has 2 saturated heterocycles. The van der Waals surface area contributed by atoms with Gasteiger partial charge in [-0.05, 0) is 13.3 Å². The summed E-state index contributed by atoms with van der Waals surface area (Å²) in [6.07, 6.45) is 3.69. The Labute approximate surface area is 166 Å². The van der Waals surface area contributed by atoms with Crippen LogP contribution in [0.4, 0.5) is 4.79 Å². The molecular weight excluding hydrogens is 354 g/mol. The van der Waals surface area contributed by atoms with Gasteiger partial charge in [-0.3, -0.25) is 4.90 Å². The second kappa shape index (κ2) is 7.95. The van der Waals surface area contributed by atoms with Gasteiger partial charge in [0.2, 0.25) is 0 Å². The average molecular weight is 383 g/mol. The smallest absolute Gasteiger partial charge is 0.410 e. The number of benzene rings is 1. The Morgan fingerprint density at radius 3 is 2.68 bits per heavy atom. The zero-order chi connectivity index (χ0) is 19.6. The van der Waals surface area contributed by atoms with Gasteiger partial charge in [-0.2, -0.15) is 0 Å². The molecule has 1 atom stereocenters. The standard InChI is InChI=1S/C22H29N3O3/c1-3-7-17(2)25-16-22(27-21(25)26)10-12-24(13-11-22)15-19-14-20(23-28-19)18-8-5-4-6-9-18/h4-6,8-9,14,17H,3,7,10-13,15-16H2,1-2H3/t17-/m0/s1. The van der Waals surface area contributed by atoms with Crippen molar-refractivity contribution in [3.8, 4) is 11.3 Å². The number of nitrogens with zero attached hydrogens (tertiary/aromatic N) is 3.